The van der Waals surface area contributed by atoms with Gasteiger partial charge in [-0.1, -0.05) is 12.2 Å². The fourth-order valence-corrected chi connectivity index (χ4v) is 3.77. The number of aromatic nitrogens is 2. The minimum Gasteiger partial charge on any atom is -0.392 e. The van der Waals surface area contributed by atoms with E-state index in [2.05, 4.69) is 19.6 Å². The zero-order valence-electron chi connectivity index (χ0n) is 10.6. The second kappa shape index (κ2) is 5.16. The average molecular weight is 303 g/mol. The van der Waals surface area contributed by atoms with Gasteiger partial charge < -0.3 is 15.6 Å². The lowest BCUT2D eigenvalue weighted by atomic mass is 9.89. The number of H-pyrrole nitrogens is 1. The summed E-state index contributed by atoms with van der Waals surface area (Å²) in [7, 11) is -1.71. The number of hydrogen-bond acceptors (Lipinski definition) is 5. The van der Waals surface area contributed by atoms with E-state index in [0.29, 0.717) is 12.8 Å². The van der Waals surface area contributed by atoms with Gasteiger partial charge in [0.05, 0.1) is 23.1 Å². The minimum atomic E-state index is -3.69. The summed E-state index contributed by atoms with van der Waals surface area (Å²) in [5.41, 5.74) is 4.91. The van der Waals surface area contributed by atoms with E-state index in [0.717, 1.165) is 13.1 Å². The molecule has 9 heteroatoms. The Morgan fingerprint density at radius 1 is 1.58 bits per heavy atom. The molecule has 106 valence electrons. The number of thiocarbonyl (C=S) groups is 1. The normalized spacial score (nSPS) is 20.3. The zero-order chi connectivity index (χ0) is 14.1. The molecular formula is C10H17N5O2S2. The van der Waals surface area contributed by atoms with Crippen LogP contribution in [0.15, 0.2) is 17.6 Å². The molecule has 0 saturated carbocycles. The van der Waals surface area contributed by atoms with Crippen LogP contribution in [0.4, 0.5) is 0 Å². The lowest BCUT2D eigenvalue weighted by Gasteiger charge is -2.39. The second-order valence-corrected chi connectivity index (χ2v) is 6.86. The standard InChI is InChI=1S/C10H17N5O2S2/c1-15-4-2-10(3-5-15,9(11)18)14-19(16,17)8-6-12-7-13-8/h6-7,14H,2-5H2,1H3,(H2,11,18)(H,12,13). The Balaban J connectivity index is 2.25. The molecule has 1 aromatic heterocycles. The Morgan fingerprint density at radius 3 is 2.68 bits per heavy atom. The number of aromatic amines is 1. The minimum absolute atomic E-state index is 0.0158. The summed E-state index contributed by atoms with van der Waals surface area (Å²) in [5.74, 6) is 0. The van der Waals surface area contributed by atoms with E-state index < -0.39 is 15.6 Å². The van der Waals surface area contributed by atoms with Crippen LogP contribution in [0.1, 0.15) is 12.8 Å². The van der Waals surface area contributed by atoms with Crippen molar-refractivity contribution in [3.05, 3.63) is 12.5 Å². The summed E-state index contributed by atoms with van der Waals surface area (Å²) in [6.07, 6.45) is 3.69. The van der Waals surface area contributed by atoms with Crippen LogP contribution in [0.5, 0.6) is 0 Å². The van der Waals surface area contributed by atoms with Gasteiger partial charge in [0, 0.05) is 13.1 Å². The maximum Gasteiger partial charge on any atom is 0.258 e. The van der Waals surface area contributed by atoms with Crippen LogP contribution in [-0.2, 0) is 10.0 Å². The van der Waals surface area contributed by atoms with Crippen molar-refractivity contribution >= 4 is 27.2 Å². The molecule has 1 saturated heterocycles. The van der Waals surface area contributed by atoms with Crippen molar-refractivity contribution in [3.8, 4) is 0 Å². The quantitative estimate of drug-likeness (QED) is 0.644. The second-order valence-electron chi connectivity index (χ2n) is 4.77. The van der Waals surface area contributed by atoms with Gasteiger partial charge in [-0.25, -0.2) is 13.4 Å². The molecule has 2 rings (SSSR count). The molecule has 7 nitrogen and oxygen atoms in total. The third-order valence-corrected chi connectivity index (χ3v) is 5.26. The van der Waals surface area contributed by atoms with E-state index in [1.165, 1.54) is 12.5 Å². The van der Waals surface area contributed by atoms with Crippen molar-refractivity contribution in [1.82, 2.24) is 19.6 Å². The summed E-state index contributed by atoms with van der Waals surface area (Å²) in [4.78, 5) is 8.59. The van der Waals surface area contributed by atoms with E-state index in [-0.39, 0.29) is 10.0 Å². The summed E-state index contributed by atoms with van der Waals surface area (Å²) >= 11 is 5.07. The number of imidazole rings is 1. The molecule has 0 aliphatic carbocycles. The molecule has 1 aromatic rings. The van der Waals surface area contributed by atoms with Gasteiger partial charge in [-0.05, 0) is 19.9 Å². The molecule has 0 bridgehead atoms. The van der Waals surface area contributed by atoms with E-state index in [1.54, 1.807) is 0 Å². The molecule has 0 aromatic carbocycles. The van der Waals surface area contributed by atoms with Crippen molar-refractivity contribution in [3.63, 3.8) is 0 Å². The van der Waals surface area contributed by atoms with Crippen LogP contribution in [0.2, 0.25) is 0 Å². The number of rotatable bonds is 4. The Bertz CT molecular complexity index is 546. The highest BCUT2D eigenvalue weighted by atomic mass is 32.2. The third kappa shape index (κ3) is 2.94. The fourth-order valence-electron chi connectivity index (χ4n) is 2.10. The highest BCUT2D eigenvalue weighted by molar-refractivity contribution is 7.89. The van der Waals surface area contributed by atoms with Crippen molar-refractivity contribution in [2.75, 3.05) is 20.1 Å². The third-order valence-electron chi connectivity index (χ3n) is 3.40. The number of hydrogen-bond donors (Lipinski definition) is 3. The first-order valence-electron chi connectivity index (χ1n) is 5.86. The SMILES string of the molecule is CN1CCC(NS(=O)(=O)c2cnc[nH]2)(C(N)=S)CC1. The van der Waals surface area contributed by atoms with E-state index in [1.807, 2.05) is 7.05 Å². The summed E-state index contributed by atoms with van der Waals surface area (Å²) < 4.78 is 27.1. The number of piperidine rings is 1. The molecule has 0 spiro atoms. The van der Waals surface area contributed by atoms with E-state index >= 15 is 0 Å². The molecule has 0 unspecified atom stereocenters. The molecule has 1 aliphatic heterocycles. The van der Waals surface area contributed by atoms with Crippen LogP contribution >= 0.6 is 12.2 Å². The first-order chi connectivity index (χ1) is 8.86. The van der Waals surface area contributed by atoms with E-state index in [9.17, 15) is 8.42 Å². The van der Waals surface area contributed by atoms with Gasteiger partial charge in [-0.15, -0.1) is 0 Å². The summed E-state index contributed by atoms with van der Waals surface area (Å²) in [6, 6.07) is 0. The van der Waals surface area contributed by atoms with Crippen molar-refractivity contribution in [1.29, 1.82) is 0 Å². The zero-order valence-corrected chi connectivity index (χ0v) is 12.2. The predicted octanol–water partition coefficient (Wildman–Crippen LogP) is -0.561. The van der Waals surface area contributed by atoms with Gasteiger partial charge >= 0.3 is 0 Å². The number of nitrogens with two attached hydrogens (primary N) is 1. The number of sulfonamides is 1. The van der Waals surface area contributed by atoms with Crippen molar-refractivity contribution in [2.45, 2.75) is 23.4 Å². The maximum absolute atomic E-state index is 12.2. The van der Waals surface area contributed by atoms with Gasteiger partial charge in [0.2, 0.25) is 0 Å². The fraction of sp³-hybridized carbons (Fsp3) is 0.600. The van der Waals surface area contributed by atoms with Crippen molar-refractivity contribution in [2.24, 2.45) is 5.73 Å². The highest BCUT2D eigenvalue weighted by Gasteiger charge is 2.40. The Kier molecular flexibility index (Phi) is 3.90. The topological polar surface area (TPSA) is 104 Å². The Labute approximate surface area is 117 Å². The van der Waals surface area contributed by atoms with Crippen molar-refractivity contribution < 1.29 is 8.42 Å². The van der Waals surface area contributed by atoms with Gasteiger partial charge in [0.15, 0.2) is 5.03 Å². The van der Waals surface area contributed by atoms with Crippen LogP contribution in [0.25, 0.3) is 0 Å². The van der Waals surface area contributed by atoms with Gasteiger partial charge in [0.25, 0.3) is 10.0 Å². The van der Waals surface area contributed by atoms with Crippen LogP contribution < -0.4 is 10.5 Å². The largest absolute Gasteiger partial charge is 0.392 e. The van der Waals surface area contributed by atoms with E-state index in [4.69, 9.17) is 18.0 Å². The first kappa shape index (κ1) is 14.4. The average Bonchev–Trinajstić information content (AvgIpc) is 2.86. The molecule has 19 heavy (non-hydrogen) atoms. The molecule has 4 N–H and O–H groups in total. The highest BCUT2D eigenvalue weighted by Crippen LogP contribution is 2.24. The van der Waals surface area contributed by atoms with Crippen LogP contribution in [0, 0.1) is 0 Å². The lowest BCUT2D eigenvalue weighted by Crippen LogP contribution is -2.61. The maximum atomic E-state index is 12.2. The van der Waals surface area contributed by atoms with Gasteiger partial charge in [-0.3, -0.25) is 0 Å². The molecular weight excluding hydrogens is 286 g/mol. The van der Waals surface area contributed by atoms with Gasteiger partial charge in [-0.2, -0.15) is 4.72 Å². The molecule has 1 aliphatic rings. The number of nitrogens with one attached hydrogen (secondary N) is 2. The molecule has 0 atom stereocenters. The Hall–Kier alpha value is -1.03. The molecule has 0 radical (unpaired) electrons. The summed E-state index contributed by atoms with van der Waals surface area (Å²) in [6.45, 7) is 1.48. The molecule has 2 heterocycles. The number of nitrogens with zero attached hydrogens (tertiary/aromatic N) is 2. The lowest BCUT2D eigenvalue weighted by molar-refractivity contribution is 0.220. The molecule has 0 amide bonds. The molecule has 1 fully saturated rings. The van der Waals surface area contributed by atoms with Gasteiger partial charge in [0.1, 0.15) is 0 Å². The summed E-state index contributed by atoms with van der Waals surface area (Å²) in [5, 5.41) is 0.0158. The monoisotopic (exact) mass is 303 g/mol. The number of likely N-dealkylation sites (tertiary alicyclic amines) is 1. The first-order valence-corrected chi connectivity index (χ1v) is 7.76. The smallest absolute Gasteiger partial charge is 0.258 e. The Morgan fingerprint density at radius 2 is 2.21 bits per heavy atom. The van der Waals surface area contributed by atoms with Crippen LogP contribution in [-0.4, -0.2) is 54.0 Å². The van der Waals surface area contributed by atoms with Crippen LogP contribution in [0.3, 0.4) is 0 Å². The predicted molar refractivity (Wildman–Crippen MR) is 75.2 cm³/mol.